The second kappa shape index (κ2) is 5.61. The number of hydrogen-bond acceptors (Lipinski definition) is 2. The minimum atomic E-state index is -0.0802. The summed E-state index contributed by atoms with van der Waals surface area (Å²) < 4.78 is 5.58. The molecule has 2 aromatic carbocycles. The molecule has 3 heteroatoms. The zero-order valence-electron chi connectivity index (χ0n) is 11.0. The van der Waals surface area contributed by atoms with Gasteiger partial charge in [0.15, 0.2) is 0 Å². The van der Waals surface area contributed by atoms with Gasteiger partial charge in [0.25, 0.3) is 5.91 Å². The molecule has 2 aromatic rings. The molecular formula is C17H15NO2. The van der Waals surface area contributed by atoms with E-state index in [4.69, 9.17) is 4.74 Å². The molecule has 20 heavy (non-hydrogen) atoms. The van der Waals surface area contributed by atoms with Crippen LogP contribution in [0.15, 0.2) is 60.2 Å². The topological polar surface area (TPSA) is 38.3 Å². The first-order valence-electron chi connectivity index (χ1n) is 6.57. The van der Waals surface area contributed by atoms with Crippen LogP contribution in [-0.2, 0) is 11.3 Å². The first-order chi connectivity index (χ1) is 9.83. The Bertz CT molecular complexity index is 647. The molecule has 3 nitrogen and oxygen atoms in total. The lowest BCUT2D eigenvalue weighted by molar-refractivity contribution is -0.117. The predicted molar refractivity (Wildman–Crippen MR) is 78.2 cm³/mol. The van der Waals surface area contributed by atoms with Crippen molar-refractivity contribution in [3.05, 3.63) is 71.3 Å². The molecule has 1 amide bonds. The van der Waals surface area contributed by atoms with Crippen molar-refractivity contribution in [1.29, 1.82) is 0 Å². The summed E-state index contributed by atoms with van der Waals surface area (Å²) in [7, 11) is 0. The Kier molecular flexibility index (Phi) is 3.50. The van der Waals surface area contributed by atoms with Gasteiger partial charge in [0.05, 0.1) is 5.57 Å². The number of hydrogen-bond donors (Lipinski definition) is 1. The van der Waals surface area contributed by atoms with E-state index in [1.165, 1.54) is 0 Å². The lowest BCUT2D eigenvalue weighted by atomic mass is 10.1. The summed E-state index contributed by atoms with van der Waals surface area (Å²) in [6, 6.07) is 17.6. The van der Waals surface area contributed by atoms with Crippen LogP contribution in [-0.4, -0.2) is 12.5 Å². The van der Waals surface area contributed by atoms with E-state index in [1.807, 2.05) is 60.7 Å². The highest BCUT2D eigenvalue weighted by Crippen LogP contribution is 2.25. The molecule has 100 valence electrons. The number of carbonyl (C=O) groups excluding carboxylic acids is 1. The normalized spacial score (nSPS) is 12.9. The first kappa shape index (κ1) is 12.5. The molecule has 0 spiro atoms. The summed E-state index contributed by atoms with van der Waals surface area (Å²) in [5.41, 5.74) is 2.68. The number of carbonyl (C=O) groups is 1. The molecule has 0 aliphatic carbocycles. The Balaban J connectivity index is 1.68. The fraction of sp³-hybridized carbons (Fsp3) is 0.118. The van der Waals surface area contributed by atoms with E-state index in [9.17, 15) is 4.79 Å². The van der Waals surface area contributed by atoms with E-state index in [0.717, 1.165) is 16.9 Å². The van der Waals surface area contributed by atoms with E-state index in [2.05, 4.69) is 5.32 Å². The molecule has 1 N–H and O–H groups in total. The highest BCUT2D eigenvalue weighted by molar-refractivity contribution is 5.99. The monoisotopic (exact) mass is 265 g/mol. The first-order valence-corrected chi connectivity index (χ1v) is 6.57. The van der Waals surface area contributed by atoms with Gasteiger partial charge in [0.2, 0.25) is 0 Å². The van der Waals surface area contributed by atoms with E-state index < -0.39 is 0 Å². The lowest BCUT2D eigenvalue weighted by Crippen LogP contribution is -2.28. The van der Waals surface area contributed by atoms with Crippen molar-refractivity contribution in [2.24, 2.45) is 0 Å². The Morgan fingerprint density at radius 1 is 1.05 bits per heavy atom. The molecular weight excluding hydrogens is 250 g/mol. The molecule has 3 rings (SSSR count). The van der Waals surface area contributed by atoms with Crippen LogP contribution in [0, 0.1) is 0 Å². The average Bonchev–Trinajstić information content (AvgIpc) is 2.53. The van der Waals surface area contributed by atoms with Crippen molar-refractivity contribution in [3.8, 4) is 5.75 Å². The zero-order valence-corrected chi connectivity index (χ0v) is 11.0. The maximum atomic E-state index is 12.1. The van der Waals surface area contributed by atoms with Gasteiger partial charge in [-0.15, -0.1) is 0 Å². The van der Waals surface area contributed by atoms with Gasteiger partial charge in [0.1, 0.15) is 12.4 Å². The standard InChI is InChI=1S/C17H15NO2/c19-17(18-11-13-6-2-1-3-7-13)15-10-14-8-4-5-9-16(14)20-12-15/h1-10H,11-12H2,(H,18,19). The van der Waals surface area contributed by atoms with Crippen molar-refractivity contribution in [2.45, 2.75) is 6.54 Å². The van der Waals surface area contributed by atoms with E-state index in [1.54, 1.807) is 0 Å². The molecule has 0 bridgehead atoms. The molecule has 1 heterocycles. The molecule has 0 saturated heterocycles. The van der Waals surface area contributed by atoms with Gasteiger partial charge in [-0.3, -0.25) is 4.79 Å². The van der Waals surface area contributed by atoms with Gasteiger partial charge < -0.3 is 10.1 Å². The Morgan fingerprint density at radius 2 is 1.80 bits per heavy atom. The van der Waals surface area contributed by atoms with Gasteiger partial charge in [-0.1, -0.05) is 48.5 Å². The number of benzene rings is 2. The Morgan fingerprint density at radius 3 is 2.65 bits per heavy atom. The molecule has 0 atom stereocenters. The lowest BCUT2D eigenvalue weighted by Gasteiger charge is -2.17. The summed E-state index contributed by atoms with van der Waals surface area (Å²) in [4.78, 5) is 12.1. The van der Waals surface area contributed by atoms with E-state index in [0.29, 0.717) is 18.7 Å². The van der Waals surface area contributed by atoms with Crippen LogP contribution in [0.4, 0.5) is 0 Å². The van der Waals surface area contributed by atoms with Crippen LogP contribution in [0.2, 0.25) is 0 Å². The number of fused-ring (bicyclic) bond motifs is 1. The number of rotatable bonds is 3. The number of para-hydroxylation sites is 1. The SMILES string of the molecule is O=C(NCc1ccccc1)C1=Cc2ccccc2OC1. The molecule has 0 saturated carbocycles. The van der Waals surface area contributed by atoms with E-state index in [-0.39, 0.29) is 5.91 Å². The number of amides is 1. The van der Waals surface area contributed by atoms with Crippen LogP contribution < -0.4 is 10.1 Å². The molecule has 0 radical (unpaired) electrons. The maximum Gasteiger partial charge on any atom is 0.250 e. The van der Waals surface area contributed by atoms with Crippen molar-refractivity contribution in [3.63, 3.8) is 0 Å². The highest BCUT2D eigenvalue weighted by Gasteiger charge is 2.16. The Labute approximate surface area is 117 Å². The molecule has 0 aromatic heterocycles. The van der Waals surface area contributed by atoms with Gasteiger partial charge in [-0.05, 0) is 17.7 Å². The highest BCUT2D eigenvalue weighted by atomic mass is 16.5. The fourth-order valence-corrected chi connectivity index (χ4v) is 2.14. The van der Waals surface area contributed by atoms with Crippen molar-refractivity contribution in [2.75, 3.05) is 6.61 Å². The Hall–Kier alpha value is -2.55. The summed E-state index contributed by atoms with van der Waals surface area (Å²) in [5, 5.41) is 2.91. The van der Waals surface area contributed by atoms with Gasteiger partial charge in [-0.25, -0.2) is 0 Å². The quantitative estimate of drug-likeness (QED) is 0.926. The van der Waals surface area contributed by atoms with Crippen LogP contribution in [0.5, 0.6) is 5.75 Å². The third-order valence-corrected chi connectivity index (χ3v) is 3.22. The van der Waals surface area contributed by atoms with E-state index >= 15 is 0 Å². The smallest absolute Gasteiger partial charge is 0.250 e. The number of nitrogens with one attached hydrogen (secondary N) is 1. The summed E-state index contributed by atoms with van der Waals surface area (Å²) in [6.07, 6.45) is 1.89. The van der Waals surface area contributed by atoms with Gasteiger partial charge >= 0.3 is 0 Å². The van der Waals surface area contributed by atoms with Crippen LogP contribution in [0.3, 0.4) is 0 Å². The molecule has 0 unspecified atom stereocenters. The van der Waals surface area contributed by atoms with Crippen molar-refractivity contribution in [1.82, 2.24) is 5.32 Å². The molecule has 0 fully saturated rings. The largest absolute Gasteiger partial charge is 0.488 e. The zero-order chi connectivity index (χ0) is 13.8. The third-order valence-electron chi connectivity index (χ3n) is 3.22. The van der Waals surface area contributed by atoms with Crippen LogP contribution >= 0.6 is 0 Å². The number of ether oxygens (including phenoxy) is 1. The summed E-state index contributed by atoms with van der Waals surface area (Å²) in [6.45, 7) is 0.844. The second-order valence-corrected chi connectivity index (χ2v) is 4.66. The van der Waals surface area contributed by atoms with Crippen molar-refractivity contribution >= 4 is 12.0 Å². The fourth-order valence-electron chi connectivity index (χ4n) is 2.14. The summed E-state index contributed by atoms with van der Waals surface area (Å²) in [5.74, 6) is 0.746. The maximum absolute atomic E-state index is 12.1. The van der Waals surface area contributed by atoms with Crippen molar-refractivity contribution < 1.29 is 9.53 Å². The average molecular weight is 265 g/mol. The molecule has 1 aliphatic heterocycles. The van der Waals surface area contributed by atoms with Gasteiger partial charge in [-0.2, -0.15) is 0 Å². The van der Waals surface area contributed by atoms with Crippen LogP contribution in [0.25, 0.3) is 6.08 Å². The third kappa shape index (κ3) is 2.72. The van der Waals surface area contributed by atoms with Crippen LogP contribution in [0.1, 0.15) is 11.1 Å². The van der Waals surface area contributed by atoms with Gasteiger partial charge in [0, 0.05) is 12.1 Å². The minimum Gasteiger partial charge on any atom is -0.488 e. The second-order valence-electron chi connectivity index (χ2n) is 4.66. The minimum absolute atomic E-state index is 0.0802. The molecule has 1 aliphatic rings. The predicted octanol–water partition coefficient (Wildman–Crippen LogP) is 2.78. The summed E-state index contributed by atoms with van der Waals surface area (Å²) >= 11 is 0.